The van der Waals surface area contributed by atoms with Crippen molar-refractivity contribution in [2.24, 2.45) is 0 Å². The van der Waals surface area contributed by atoms with Gasteiger partial charge in [0.2, 0.25) is 0 Å². The van der Waals surface area contributed by atoms with Crippen molar-refractivity contribution in [3.05, 3.63) is 77.4 Å². The number of hydrogen-bond acceptors (Lipinski definition) is 4. The fourth-order valence-electron chi connectivity index (χ4n) is 3.07. The topological polar surface area (TPSA) is 74.7 Å². The lowest BCUT2D eigenvalue weighted by atomic mass is 10.1. The van der Waals surface area contributed by atoms with Gasteiger partial charge >= 0.3 is 0 Å². The van der Waals surface area contributed by atoms with E-state index in [1.807, 2.05) is 24.8 Å². The number of nitrogens with zero attached hydrogens (tertiary/aromatic N) is 1. The lowest BCUT2D eigenvalue weighted by Crippen LogP contribution is -2.32. The van der Waals surface area contributed by atoms with Crippen LogP contribution in [0.5, 0.6) is 5.75 Å². The van der Waals surface area contributed by atoms with Gasteiger partial charge in [-0.2, -0.15) is 0 Å². The Bertz CT molecular complexity index is 952. The van der Waals surface area contributed by atoms with Crippen molar-refractivity contribution >= 4 is 29.6 Å². The molecule has 0 fully saturated rings. The Morgan fingerprint density at radius 1 is 0.839 bits per heavy atom. The fourth-order valence-corrected chi connectivity index (χ4v) is 3.07. The molecule has 0 saturated carbocycles. The zero-order valence-electron chi connectivity index (χ0n) is 18.1. The highest BCUT2D eigenvalue weighted by molar-refractivity contribution is 6.11. The van der Waals surface area contributed by atoms with Crippen molar-refractivity contribution in [3.63, 3.8) is 0 Å². The Morgan fingerprint density at radius 2 is 1.42 bits per heavy atom. The van der Waals surface area contributed by atoms with Crippen LogP contribution in [0.4, 0.5) is 0 Å². The number of rotatable bonds is 11. The van der Waals surface area contributed by atoms with E-state index in [1.54, 1.807) is 42.5 Å². The number of phenols is 1. The van der Waals surface area contributed by atoms with Crippen molar-refractivity contribution in [2.45, 2.75) is 33.1 Å². The molecule has 1 N–H and O–H groups in total. The van der Waals surface area contributed by atoms with Crippen LogP contribution in [0, 0.1) is 0 Å². The van der Waals surface area contributed by atoms with Crippen LogP contribution in [0.2, 0.25) is 0 Å². The summed E-state index contributed by atoms with van der Waals surface area (Å²) < 4.78 is 0. The molecule has 0 atom stereocenters. The third-order valence-electron chi connectivity index (χ3n) is 4.57. The average Bonchev–Trinajstić information content (AvgIpc) is 2.77. The van der Waals surface area contributed by atoms with Gasteiger partial charge in [0.1, 0.15) is 5.75 Å². The maximum Gasteiger partial charge on any atom is 0.253 e. The summed E-state index contributed by atoms with van der Waals surface area (Å²) in [6.07, 6.45) is 7.51. The lowest BCUT2D eigenvalue weighted by molar-refractivity contribution is -0.121. The number of amides is 1. The first-order valence-electron chi connectivity index (χ1n) is 10.5. The lowest BCUT2D eigenvalue weighted by Gasteiger charge is -2.21. The molecule has 0 bridgehead atoms. The minimum absolute atomic E-state index is 0.0141. The first kappa shape index (κ1) is 23.8. The SMILES string of the molecule is CCCN(CCC)C(=O)c1cccc(/C=C/C(=O)CC(=O)/C=C/c2ccc(O)cc2)c1. The minimum atomic E-state index is -0.310. The average molecular weight is 420 g/mol. The highest BCUT2D eigenvalue weighted by Gasteiger charge is 2.14. The van der Waals surface area contributed by atoms with Crippen LogP contribution in [0.3, 0.4) is 0 Å². The van der Waals surface area contributed by atoms with Gasteiger partial charge in [-0.15, -0.1) is 0 Å². The highest BCUT2D eigenvalue weighted by atomic mass is 16.3. The van der Waals surface area contributed by atoms with Gasteiger partial charge in [0.15, 0.2) is 11.6 Å². The molecule has 0 spiro atoms. The molecule has 0 unspecified atom stereocenters. The van der Waals surface area contributed by atoms with Gasteiger partial charge in [0, 0.05) is 18.7 Å². The molecule has 1 amide bonds. The molecule has 5 nitrogen and oxygen atoms in total. The van der Waals surface area contributed by atoms with Crippen molar-refractivity contribution < 1.29 is 19.5 Å². The first-order chi connectivity index (χ1) is 14.9. The number of hydrogen-bond donors (Lipinski definition) is 1. The summed E-state index contributed by atoms with van der Waals surface area (Å²) in [5.41, 5.74) is 2.08. The molecule has 0 saturated heterocycles. The maximum atomic E-state index is 12.7. The predicted molar refractivity (Wildman–Crippen MR) is 124 cm³/mol. The van der Waals surface area contributed by atoms with E-state index in [0.29, 0.717) is 18.7 Å². The molecule has 2 aromatic carbocycles. The Kier molecular flexibility index (Phi) is 9.43. The number of carbonyl (C=O) groups excluding carboxylic acids is 3. The molecule has 2 aromatic rings. The summed E-state index contributed by atoms with van der Waals surface area (Å²) in [6, 6.07) is 13.6. The normalized spacial score (nSPS) is 11.2. The van der Waals surface area contributed by atoms with Crippen LogP contribution in [0.1, 0.15) is 54.6 Å². The summed E-state index contributed by atoms with van der Waals surface area (Å²) >= 11 is 0. The smallest absolute Gasteiger partial charge is 0.253 e. The Morgan fingerprint density at radius 3 is 2.00 bits per heavy atom. The summed E-state index contributed by atoms with van der Waals surface area (Å²) in [4.78, 5) is 38.7. The number of benzene rings is 2. The van der Waals surface area contributed by atoms with E-state index < -0.39 is 0 Å². The third kappa shape index (κ3) is 8.05. The molecule has 5 heteroatoms. The van der Waals surface area contributed by atoms with E-state index in [0.717, 1.165) is 24.0 Å². The fraction of sp³-hybridized carbons (Fsp3) is 0.269. The maximum absolute atomic E-state index is 12.7. The van der Waals surface area contributed by atoms with Gasteiger partial charge in [-0.25, -0.2) is 0 Å². The zero-order valence-corrected chi connectivity index (χ0v) is 18.1. The molecule has 0 heterocycles. The van der Waals surface area contributed by atoms with E-state index in [2.05, 4.69) is 0 Å². The van der Waals surface area contributed by atoms with Crippen LogP contribution in [-0.2, 0) is 9.59 Å². The van der Waals surface area contributed by atoms with E-state index in [1.165, 1.54) is 24.3 Å². The summed E-state index contributed by atoms with van der Waals surface area (Å²) in [6.45, 7) is 5.51. The molecule has 0 aromatic heterocycles. The molecular weight excluding hydrogens is 390 g/mol. The second-order valence-electron chi connectivity index (χ2n) is 7.29. The summed E-state index contributed by atoms with van der Waals surface area (Å²) in [7, 11) is 0. The van der Waals surface area contributed by atoms with Crippen LogP contribution in [0.25, 0.3) is 12.2 Å². The van der Waals surface area contributed by atoms with Gasteiger partial charge in [0.25, 0.3) is 5.91 Å². The van der Waals surface area contributed by atoms with E-state index in [9.17, 15) is 19.5 Å². The standard InChI is InChI=1S/C26H29NO4/c1-3-16-27(17-4-2)26(31)22-7-5-6-21(18-22)11-15-25(30)19-24(29)14-10-20-8-12-23(28)13-9-20/h5-15,18,28H,3-4,16-17,19H2,1-2H3/b14-10+,15-11+. The van der Waals surface area contributed by atoms with E-state index in [4.69, 9.17) is 0 Å². The van der Waals surface area contributed by atoms with Crippen LogP contribution < -0.4 is 0 Å². The number of phenolic OH excluding ortho intramolecular Hbond substituents is 1. The Hall–Kier alpha value is -3.47. The van der Waals surface area contributed by atoms with Gasteiger partial charge in [-0.1, -0.05) is 50.3 Å². The van der Waals surface area contributed by atoms with Crippen molar-refractivity contribution in [3.8, 4) is 5.75 Å². The molecule has 31 heavy (non-hydrogen) atoms. The molecule has 0 aliphatic carbocycles. The van der Waals surface area contributed by atoms with Crippen LogP contribution in [0.15, 0.2) is 60.7 Å². The highest BCUT2D eigenvalue weighted by Crippen LogP contribution is 2.12. The number of allylic oxidation sites excluding steroid dienone is 2. The van der Waals surface area contributed by atoms with E-state index in [-0.39, 0.29) is 29.6 Å². The number of ketones is 2. The van der Waals surface area contributed by atoms with Crippen molar-refractivity contribution in [2.75, 3.05) is 13.1 Å². The number of carbonyl (C=O) groups is 3. The van der Waals surface area contributed by atoms with Gasteiger partial charge in [-0.3, -0.25) is 14.4 Å². The molecule has 162 valence electrons. The molecule has 2 rings (SSSR count). The largest absolute Gasteiger partial charge is 0.508 e. The van der Waals surface area contributed by atoms with Gasteiger partial charge in [0.05, 0.1) is 6.42 Å². The van der Waals surface area contributed by atoms with Crippen LogP contribution >= 0.6 is 0 Å². The summed E-state index contributed by atoms with van der Waals surface area (Å²) in [5, 5.41) is 9.26. The molecular formula is C26H29NO4. The van der Waals surface area contributed by atoms with Crippen LogP contribution in [-0.4, -0.2) is 40.6 Å². The summed E-state index contributed by atoms with van der Waals surface area (Å²) in [5.74, 6) is -0.477. The number of aromatic hydroxyl groups is 1. The quantitative estimate of drug-likeness (QED) is 0.415. The third-order valence-corrected chi connectivity index (χ3v) is 4.57. The molecule has 0 aliphatic heterocycles. The van der Waals surface area contributed by atoms with Crippen molar-refractivity contribution in [1.82, 2.24) is 4.90 Å². The van der Waals surface area contributed by atoms with Gasteiger partial charge < -0.3 is 10.0 Å². The Balaban J connectivity index is 1.97. The predicted octanol–water partition coefficient (Wildman–Crippen LogP) is 4.91. The van der Waals surface area contributed by atoms with E-state index >= 15 is 0 Å². The zero-order chi connectivity index (χ0) is 22.6. The first-order valence-corrected chi connectivity index (χ1v) is 10.5. The Labute approximate surface area is 183 Å². The monoisotopic (exact) mass is 419 g/mol. The second kappa shape index (κ2) is 12.3. The minimum Gasteiger partial charge on any atom is -0.508 e. The van der Waals surface area contributed by atoms with Gasteiger partial charge in [-0.05, 0) is 60.4 Å². The van der Waals surface area contributed by atoms with Crippen molar-refractivity contribution in [1.29, 1.82) is 0 Å². The molecule has 0 radical (unpaired) electrons. The molecule has 0 aliphatic rings. The second-order valence-corrected chi connectivity index (χ2v) is 7.29.